The number of anilines is 2. The third kappa shape index (κ3) is 3.04. The molecule has 0 radical (unpaired) electrons. The van der Waals surface area contributed by atoms with Crippen LogP contribution in [-0.4, -0.2) is 25.1 Å². The third-order valence-corrected chi connectivity index (χ3v) is 3.45. The lowest BCUT2D eigenvalue weighted by molar-refractivity contribution is 0.603. The van der Waals surface area contributed by atoms with Gasteiger partial charge in [-0.15, -0.1) is 0 Å². The molecule has 0 fully saturated rings. The summed E-state index contributed by atoms with van der Waals surface area (Å²) in [6.07, 6.45) is 3.07. The second-order valence-corrected chi connectivity index (χ2v) is 4.75. The Morgan fingerprint density at radius 1 is 1.50 bits per heavy atom. The van der Waals surface area contributed by atoms with E-state index >= 15 is 0 Å². The maximum atomic E-state index is 13.7. The fourth-order valence-electron chi connectivity index (χ4n) is 1.70. The van der Waals surface area contributed by atoms with Crippen LogP contribution in [0.3, 0.4) is 0 Å². The summed E-state index contributed by atoms with van der Waals surface area (Å²) >= 11 is 1.78. The monoisotopic (exact) mass is 242 g/mol. The number of rotatable bonds is 5. The molecule has 0 bridgehead atoms. The summed E-state index contributed by atoms with van der Waals surface area (Å²) < 4.78 is 13.7. The SMILES string of the molecule is CCC(CSC)N(C)c1ccc(N)cc1F. The van der Waals surface area contributed by atoms with Gasteiger partial charge in [-0.05, 0) is 30.9 Å². The van der Waals surface area contributed by atoms with Gasteiger partial charge in [0.05, 0.1) is 5.69 Å². The highest BCUT2D eigenvalue weighted by atomic mass is 32.2. The number of nitrogens with two attached hydrogens (primary N) is 1. The average molecular weight is 242 g/mol. The van der Waals surface area contributed by atoms with Gasteiger partial charge in [0.15, 0.2) is 0 Å². The molecule has 1 aromatic rings. The Balaban J connectivity index is 2.89. The molecule has 0 saturated heterocycles. The van der Waals surface area contributed by atoms with Crippen molar-refractivity contribution in [2.24, 2.45) is 0 Å². The molecule has 2 nitrogen and oxygen atoms in total. The van der Waals surface area contributed by atoms with Crippen molar-refractivity contribution in [1.29, 1.82) is 0 Å². The zero-order valence-corrected chi connectivity index (χ0v) is 10.9. The van der Waals surface area contributed by atoms with E-state index in [2.05, 4.69) is 13.2 Å². The molecule has 0 aliphatic carbocycles. The number of hydrogen-bond acceptors (Lipinski definition) is 3. The van der Waals surface area contributed by atoms with Gasteiger partial charge in [-0.2, -0.15) is 11.8 Å². The van der Waals surface area contributed by atoms with Crippen molar-refractivity contribution in [3.8, 4) is 0 Å². The summed E-state index contributed by atoms with van der Waals surface area (Å²) in [7, 11) is 1.93. The molecule has 16 heavy (non-hydrogen) atoms. The van der Waals surface area contributed by atoms with Crippen molar-refractivity contribution in [2.45, 2.75) is 19.4 Å². The fourth-order valence-corrected chi connectivity index (χ4v) is 2.55. The van der Waals surface area contributed by atoms with E-state index in [0.717, 1.165) is 12.2 Å². The number of halogens is 1. The predicted molar refractivity (Wildman–Crippen MR) is 71.7 cm³/mol. The first-order valence-corrected chi connectivity index (χ1v) is 6.76. The lowest BCUT2D eigenvalue weighted by Crippen LogP contribution is -2.33. The molecule has 4 heteroatoms. The molecule has 0 aromatic heterocycles. The van der Waals surface area contributed by atoms with Gasteiger partial charge in [0.1, 0.15) is 5.82 Å². The molecule has 2 N–H and O–H groups in total. The topological polar surface area (TPSA) is 29.3 Å². The highest BCUT2D eigenvalue weighted by molar-refractivity contribution is 7.98. The maximum Gasteiger partial charge on any atom is 0.148 e. The molecular weight excluding hydrogens is 223 g/mol. The Kier molecular flexibility index (Phi) is 4.93. The molecule has 0 heterocycles. The third-order valence-electron chi connectivity index (χ3n) is 2.73. The van der Waals surface area contributed by atoms with E-state index in [-0.39, 0.29) is 5.82 Å². The summed E-state index contributed by atoms with van der Waals surface area (Å²) in [6.45, 7) is 2.12. The van der Waals surface area contributed by atoms with E-state index in [4.69, 9.17) is 5.73 Å². The molecular formula is C12H19FN2S. The summed E-state index contributed by atoms with van der Waals surface area (Å²) in [5.41, 5.74) is 6.62. The molecule has 0 aliphatic heterocycles. The minimum absolute atomic E-state index is 0.248. The van der Waals surface area contributed by atoms with E-state index in [0.29, 0.717) is 17.4 Å². The van der Waals surface area contributed by atoms with Crippen LogP contribution in [0, 0.1) is 5.82 Å². The Hall–Kier alpha value is -0.900. The van der Waals surface area contributed by atoms with Gasteiger partial charge in [0.2, 0.25) is 0 Å². The van der Waals surface area contributed by atoms with Crippen LogP contribution in [0.5, 0.6) is 0 Å². The van der Waals surface area contributed by atoms with E-state index in [1.54, 1.807) is 23.9 Å². The average Bonchev–Trinajstić information content (AvgIpc) is 2.25. The maximum absolute atomic E-state index is 13.7. The molecule has 1 unspecified atom stereocenters. The molecule has 0 amide bonds. The van der Waals surface area contributed by atoms with Crippen LogP contribution in [-0.2, 0) is 0 Å². The Labute approximate surface area is 101 Å². The van der Waals surface area contributed by atoms with Crippen LogP contribution in [0.4, 0.5) is 15.8 Å². The normalized spacial score (nSPS) is 12.5. The first-order chi connectivity index (χ1) is 7.60. The van der Waals surface area contributed by atoms with Gasteiger partial charge >= 0.3 is 0 Å². The fraction of sp³-hybridized carbons (Fsp3) is 0.500. The van der Waals surface area contributed by atoms with Crippen molar-refractivity contribution in [2.75, 3.05) is 29.7 Å². The summed E-state index contributed by atoms with van der Waals surface area (Å²) in [5.74, 6) is 0.749. The van der Waals surface area contributed by atoms with Gasteiger partial charge in [0, 0.05) is 24.5 Å². The van der Waals surface area contributed by atoms with Crippen LogP contribution in [0.1, 0.15) is 13.3 Å². The molecule has 90 valence electrons. The van der Waals surface area contributed by atoms with Crippen molar-refractivity contribution >= 4 is 23.1 Å². The minimum atomic E-state index is -0.248. The molecule has 0 aliphatic rings. The molecule has 1 rings (SSSR count). The van der Waals surface area contributed by atoms with Crippen LogP contribution in [0.2, 0.25) is 0 Å². The first-order valence-electron chi connectivity index (χ1n) is 5.37. The van der Waals surface area contributed by atoms with Crippen LogP contribution in [0.25, 0.3) is 0 Å². The number of benzene rings is 1. The number of nitrogens with zero attached hydrogens (tertiary/aromatic N) is 1. The Morgan fingerprint density at radius 2 is 2.19 bits per heavy atom. The van der Waals surface area contributed by atoms with E-state index in [1.165, 1.54) is 6.07 Å². The smallest absolute Gasteiger partial charge is 0.148 e. The lowest BCUT2D eigenvalue weighted by atomic mass is 10.2. The van der Waals surface area contributed by atoms with Crippen molar-refractivity contribution in [3.63, 3.8) is 0 Å². The molecule has 1 atom stereocenters. The standard InChI is InChI=1S/C12H19FN2S/c1-4-10(8-16-3)15(2)12-6-5-9(14)7-11(12)13/h5-7,10H,4,8,14H2,1-3H3. The van der Waals surface area contributed by atoms with Crippen LogP contribution >= 0.6 is 11.8 Å². The zero-order chi connectivity index (χ0) is 12.1. The molecule has 1 aromatic carbocycles. The van der Waals surface area contributed by atoms with Gasteiger partial charge in [-0.3, -0.25) is 0 Å². The molecule has 0 spiro atoms. The van der Waals surface area contributed by atoms with Gasteiger partial charge < -0.3 is 10.6 Å². The van der Waals surface area contributed by atoms with Gasteiger partial charge in [0.25, 0.3) is 0 Å². The van der Waals surface area contributed by atoms with E-state index in [9.17, 15) is 4.39 Å². The Morgan fingerprint density at radius 3 is 2.69 bits per heavy atom. The highest BCUT2D eigenvalue weighted by Crippen LogP contribution is 2.24. The first kappa shape index (κ1) is 13.2. The van der Waals surface area contributed by atoms with E-state index < -0.39 is 0 Å². The predicted octanol–water partition coefficient (Wildman–Crippen LogP) is 2.99. The number of nitrogen functional groups attached to an aromatic ring is 1. The van der Waals surface area contributed by atoms with Crippen LogP contribution < -0.4 is 10.6 Å². The molecule has 0 saturated carbocycles. The van der Waals surface area contributed by atoms with Crippen molar-refractivity contribution < 1.29 is 4.39 Å². The van der Waals surface area contributed by atoms with E-state index in [1.807, 2.05) is 11.9 Å². The Bertz CT molecular complexity index is 344. The highest BCUT2D eigenvalue weighted by Gasteiger charge is 2.15. The van der Waals surface area contributed by atoms with Gasteiger partial charge in [-0.25, -0.2) is 4.39 Å². The minimum Gasteiger partial charge on any atom is -0.399 e. The van der Waals surface area contributed by atoms with Crippen molar-refractivity contribution in [3.05, 3.63) is 24.0 Å². The summed E-state index contributed by atoms with van der Waals surface area (Å²) in [6, 6.07) is 5.21. The quantitative estimate of drug-likeness (QED) is 0.805. The lowest BCUT2D eigenvalue weighted by Gasteiger charge is -2.29. The number of hydrogen-bond donors (Lipinski definition) is 1. The summed E-state index contributed by atoms with van der Waals surface area (Å²) in [5, 5.41) is 0. The zero-order valence-electron chi connectivity index (χ0n) is 10.0. The number of thioether (sulfide) groups is 1. The van der Waals surface area contributed by atoms with Crippen molar-refractivity contribution in [1.82, 2.24) is 0 Å². The second-order valence-electron chi connectivity index (χ2n) is 3.84. The summed E-state index contributed by atoms with van der Waals surface area (Å²) in [4.78, 5) is 1.99. The van der Waals surface area contributed by atoms with Gasteiger partial charge in [-0.1, -0.05) is 6.92 Å². The largest absolute Gasteiger partial charge is 0.399 e. The van der Waals surface area contributed by atoms with Crippen LogP contribution in [0.15, 0.2) is 18.2 Å². The second kappa shape index (κ2) is 5.99.